The van der Waals surface area contributed by atoms with Crippen LogP contribution in [0.3, 0.4) is 0 Å². The van der Waals surface area contributed by atoms with Crippen LogP contribution in [-0.2, 0) is 16.1 Å². The first-order chi connectivity index (χ1) is 13.7. The molecule has 7 heteroatoms. The van der Waals surface area contributed by atoms with Gasteiger partial charge in [0, 0.05) is 20.9 Å². The van der Waals surface area contributed by atoms with Gasteiger partial charge in [-0.2, -0.15) is 0 Å². The molecule has 0 spiro atoms. The monoisotopic (exact) mass is 410 g/mol. The standard InChI is InChI=1S/C21H15ClN2O3S/c22-16-10-4-8-14-9-5-11-17(20(14)16)28-13-19(25)26-12-18-23-24-21(27-18)15-6-2-1-3-7-15/h1-11H,12-13H2. The van der Waals surface area contributed by atoms with E-state index in [0.29, 0.717) is 10.9 Å². The minimum Gasteiger partial charge on any atom is -0.455 e. The van der Waals surface area contributed by atoms with E-state index in [0.717, 1.165) is 21.2 Å². The van der Waals surface area contributed by atoms with Crippen LogP contribution in [0.25, 0.3) is 22.2 Å². The molecule has 0 aliphatic heterocycles. The summed E-state index contributed by atoms with van der Waals surface area (Å²) in [7, 11) is 0. The van der Waals surface area contributed by atoms with Crippen LogP contribution in [0.1, 0.15) is 5.89 Å². The van der Waals surface area contributed by atoms with E-state index in [2.05, 4.69) is 10.2 Å². The van der Waals surface area contributed by atoms with Crippen LogP contribution in [0.15, 0.2) is 76.0 Å². The third kappa shape index (κ3) is 4.18. The maximum absolute atomic E-state index is 12.1. The highest BCUT2D eigenvalue weighted by Gasteiger charge is 2.12. The van der Waals surface area contributed by atoms with Crippen LogP contribution in [0.4, 0.5) is 0 Å². The Hall–Kier alpha value is -2.83. The fourth-order valence-corrected chi connectivity index (χ4v) is 3.96. The molecule has 1 aromatic heterocycles. The van der Waals surface area contributed by atoms with Crippen molar-refractivity contribution < 1.29 is 13.9 Å². The highest BCUT2D eigenvalue weighted by Crippen LogP contribution is 2.33. The SMILES string of the molecule is O=C(CSc1cccc2cccc(Cl)c12)OCc1nnc(-c2ccccc2)o1. The summed E-state index contributed by atoms with van der Waals surface area (Å²) in [4.78, 5) is 13.1. The molecule has 0 atom stereocenters. The molecule has 0 bridgehead atoms. The number of halogens is 1. The Labute approximate surface area is 170 Å². The minimum atomic E-state index is -0.367. The van der Waals surface area contributed by atoms with E-state index in [1.54, 1.807) is 0 Å². The molecule has 1 heterocycles. The quantitative estimate of drug-likeness (QED) is 0.314. The first kappa shape index (κ1) is 18.5. The van der Waals surface area contributed by atoms with Gasteiger partial charge in [-0.1, -0.05) is 54.1 Å². The van der Waals surface area contributed by atoms with Gasteiger partial charge in [0.1, 0.15) is 0 Å². The molecule has 0 aliphatic carbocycles. The van der Waals surface area contributed by atoms with Crippen molar-refractivity contribution in [1.29, 1.82) is 0 Å². The minimum absolute atomic E-state index is 0.0600. The lowest BCUT2D eigenvalue weighted by molar-refractivity contribution is -0.142. The van der Waals surface area contributed by atoms with Crippen molar-refractivity contribution in [2.45, 2.75) is 11.5 Å². The lowest BCUT2D eigenvalue weighted by Gasteiger charge is -2.07. The number of nitrogens with zero attached hydrogens (tertiary/aromatic N) is 2. The van der Waals surface area contributed by atoms with Crippen molar-refractivity contribution in [2.75, 3.05) is 5.75 Å². The number of hydrogen-bond donors (Lipinski definition) is 0. The number of thioether (sulfide) groups is 1. The zero-order valence-corrected chi connectivity index (χ0v) is 16.2. The van der Waals surface area contributed by atoms with Gasteiger partial charge in [-0.25, -0.2) is 0 Å². The van der Waals surface area contributed by atoms with Crippen molar-refractivity contribution in [2.24, 2.45) is 0 Å². The number of carbonyl (C=O) groups is 1. The first-order valence-electron chi connectivity index (χ1n) is 8.54. The summed E-state index contributed by atoms with van der Waals surface area (Å²) in [6.07, 6.45) is 0. The fraction of sp³-hybridized carbons (Fsp3) is 0.0952. The molecule has 3 aromatic carbocycles. The molecular formula is C21H15ClN2O3S. The zero-order chi connectivity index (χ0) is 19.3. The lowest BCUT2D eigenvalue weighted by atomic mass is 10.1. The van der Waals surface area contributed by atoms with Crippen LogP contribution < -0.4 is 0 Å². The Balaban J connectivity index is 1.35. The Morgan fingerprint density at radius 2 is 1.79 bits per heavy atom. The molecule has 0 amide bonds. The molecule has 0 radical (unpaired) electrons. The van der Waals surface area contributed by atoms with E-state index in [-0.39, 0.29) is 24.2 Å². The Morgan fingerprint density at radius 3 is 2.61 bits per heavy atom. The molecule has 0 saturated heterocycles. The summed E-state index contributed by atoms with van der Waals surface area (Å²) in [5, 5.41) is 10.5. The number of fused-ring (bicyclic) bond motifs is 1. The Bertz CT molecular complexity index is 1110. The summed E-state index contributed by atoms with van der Waals surface area (Å²) in [5.74, 6) is 0.439. The molecule has 5 nitrogen and oxygen atoms in total. The van der Waals surface area contributed by atoms with Gasteiger partial charge in [0.05, 0.1) is 5.75 Å². The molecule has 0 aliphatic rings. The van der Waals surface area contributed by atoms with Crippen molar-refractivity contribution in [1.82, 2.24) is 10.2 Å². The number of benzene rings is 3. The van der Waals surface area contributed by atoms with E-state index in [1.807, 2.05) is 66.7 Å². The van der Waals surface area contributed by atoms with Crippen molar-refractivity contribution in [3.05, 3.63) is 77.6 Å². The zero-order valence-electron chi connectivity index (χ0n) is 14.7. The predicted molar refractivity (Wildman–Crippen MR) is 109 cm³/mol. The molecular weight excluding hydrogens is 396 g/mol. The third-order valence-electron chi connectivity index (χ3n) is 4.01. The van der Waals surface area contributed by atoms with Crippen LogP contribution in [-0.4, -0.2) is 21.9 Å². The molecule has 0 unspecified atom stereocenters. The number of carbonyl (C=O) groups excluding carboxylic acids is 1. The predicted octanol–water partition coefficient (Wildman–Crippen LogP) is 5.38. The third-order valence-corrected chi connectivity index (χ3v) is 5.35. The highest BCUT2D eigenvalue weighted by atomic mass is 35.5. The summed E-state index contributed by atoms with van der Waals surface area (Å²) < 4.78 is 10.8. The first-order valence-corrected chi connectivity index (χ1v) is 9.90. The molecule has 0 fully saturated rings. The largest absolute Gasteiger partial charge is 0.455 e. The molecule has 0 saturated carbocycles. The maximum Gasteiger partial charge on any atom is 0.316 e. The van der Waals surface area contributed by atoms with Gasteiger partial charge in [0.15, 0.2) is 6.61 Å². The number of aromatic nitrogens is 2. The molecule has 4 aromatic rings. The maximum atomic E-state index is 12.1. The Kier molecular flexibility index (Phi) is 5.60. The van der Waals surface area contributed by atoms with Gasteiger partial charge in [0.25, 0.3) is 5.89 Å². The Morgan fingerprint density at radius 1 is 1.00 bits per heavy atom. The van der Waals surface area contributed by atoms with E-state index in [4.69, 9.17) is 20.8 Å². The van der Waals surface area contributed by atoms with Crippen LogP contribution in [0.2, 0.25) is 5.02 Å². The van der Waals surface area contributed by atoms with Gasteiger partial charge >= 0.3 is 5.97 Å². The van der Waals surface area contributed by atoms with Gasteiger partial charge in [0.2, 0.25) is 5.89 Å². The molecule has 4 rings (SSSR count). The van der Waals surface area contributed by atoms with E-state index < -0.39 is 0 Å². The number of hydrogen-bond acceptors (Lipinski definition) is 6. The van der Waals surface area contributed by atoms with E-state index >= 15 is 0 Å². The average molecular weight is 411 g/mol. The van der Waals surface area contributed by atoms with Crippen LogP contribution in [0, 0.1) is 0 Å². The highest BCUT2D eigenvalue weighted by molar-refractivity contribution is 8.00. The summed E-state index contributed by atoms with van der Waals surface area (Å²) in [6.45, 7) is -0.0600. The second-order valence-electron chi connectivity index (χ2n) is 5.91. The van der Waals surface area contributed by atoms with Gasteiger partial charge < -0.3 is 9.15 Å². The summed E-state index contributed by atoms with van der Waals surface area (Å²) >= 11 is 7.70. The van der Waals surface area contributed by atoms with Crippen LogP contribution in [0.5, 0.6) is 0 Å². The second-order valence-corrected chi connectivity index (χ2v) is 7.33. The average Bonchev–Trinajstić information content (AvgIpc) is 3.20. The topological polar surface area (TPSA) is 65.2 Å². The van der Waals surface area contributed by atoms with E-state index in [1.165, 1.54) is 11.8 Å². The van der Waals surface area contributed by atoms with E-state index in [9.17, 15) is 4.79 Å². The molecule has 0 N–H and O–H groups in total. The number of esters is 1. The van der Waals surface area contributed by atoms with Crippen molar-refractivity contribution >= 4 is 40.1 Å². The van der Waals surface area contributed by atoms with Crippen molar-refractivity contribution in [3.63, 3.8) is 0 Å². The summed E-state index contributed by atoms with van der Waals surface area (Å²) in [6, 6.07) is 21.0. The second kappa shape index (κ2) is 8.46. The fourth-order valence-electron chi connectivity index (χ4n) is 2.71. The van der Waals surface area contributed by atoms with Crippen molar-refractivity contribution in [3.8, 4) is 11.5 Å². The molecule has 140 valence electrons. The lowest BCUT2D eigenvalue weighted by Crippen LogP contribution is -2.07. The van der Waals surface area contributed by atoms with Gasteiger partial charge in [-0.3, -0.25) is 4.79 Å². The van der Waals surface area contributed by atoms with Gasteiger partial charge in [-0.15, -0.1) is 22.0 Å². The van der Waals surface area contributed by atoms with Gasteiger partial charge in [-0.05, 0) is 29.7 Å². The number of rotatable bonds is 6. The number of ether oxygens (including phenoxy) is 1. The summed E-state index contributed by atoms with van der Waals surface area (Å²) in [5.41, 5.74) is 0.816. The smallest absolute Gasteiger partial charge is 0.316 e. The normalized spacial score (nSPS) is 10.9. The van der Waals surface area contributed by atoms with Crippen LogP contribution >= 0.6 is 23.4 Å². The molecule has 28 heavy (non-hydrogen) atoms.